The fourth-order valence-electron chi connectivity index (χ4n) is 3.45. The van der Waals surface area contributed by atoms with Crippen molar-refractivity contribution in [3.8, 4) is 11.1 Å². The van der Waals surface area contributed by atoms with Gasteiger partial charge < -0.3 is 16.8 Å². The summed E-state index contributed by atoms with van der Waals surface area (Å²) in [6, 6.07) is 7.99. The summed E-state index contributed by atoms with van der Waals surface area (Å²) in [5, 5.41) is 2.99. The molecular formula is C23H28N6O. The minimum atomic E-state index is -0.340. The summed E-state index contributed by atoms with van der Waals surface area (Å²) in [5.74, 6) is 0.0853. The molecule has 0 spiro atoms. The second kappa shape index (κ2) is 9.56. The van der Waals surface area contributed by atoms with Crippen molar-refractivity contribution in [1.82, 2.24) is 15.0 Å². The highest BCUT2D eigenvalue weighted by Gasteiger charge is 2.21. The third-order valence-corrected chi connectivity index (χ3v) is 4.88. The topological polar surface area (TPSA) is 120 Å². The van der Waals surface area contributed by atoms with E-state index in [1.54, 1.807) is 0 Å². The molecule has 3 aromatic rings. The van der Waals surface area contributed by atoms with Crippen LogP contribution in [-0.4, -0.2) is 20.9 Å². The number of nitrogens with one attached hydrogen (secondary N) is 1. The lowest BCUT2D eigenvalue weighted by atomic mass is 9.92. The maximum absolute atomic E-state index is 12.8. The Labute approximate surface area is 177 Å². The van der Waals surface area contributed by atoms with E-state index >= 15 is 0 Å². The Morgan fingerprint density at radius 3 is 2.40 bits per heavy atom. The van der Waals surface area contributed by atoms with E-state index in [1.165, 1.54) is 18.6 Å². The first-order valence-corrected chi connectivity index (χ1v) is 10.0. The molecule has 0 bridgehead atoms. The first kappa shape index (κ1) is 21.5. The van der Waals surface area contributed by atoms with Crippen LogP contribution < -0.4 is 16.8 Å². The van der Waals surface area contributed by atoms with E-state index in [2.05, 4.69) is 29.1 Å². The van der Waals surface area contributed by atoms with Crippen LogP contribution >= 0.6 is 0 Å². The van der Waals surface area contributed by atoms with Crippen LogP contribution in [0.4, 0.5) is 5.69 Å². The molecule has 1 aromatic carbocycles. The second-order valence-corrected chi connectivity index (χ2v) is 7.62. The van der Waals surface area contributed by atoms with Crippen LogP contribution in [0.1, 0.15) is 46.9 Å². The predicted molar refractivity (Wildman–Crippen MR) is 119 cm³/mol. The monoisotopic (exact) mass is 404 g/mol. The molecule has 0 fully saturated rings. The van der Waals surface area contributed by atoms with Crippen LogP contribution in [0.15, 0.2) is 42.9 Å². The molecule has 7 nitrogen and oxygen atoms in total. The molecule has 30 heavy (non-hydrogen) atoms. The van der Waals surface area contributed by atoms with Crippen LogP contribution in [-0.2, 0) is 19.5 Å². The second-order valence-electron chi connectivity index (χ2n) is 7.62. The highest BCUT2D eigenvalue weighted by Crippen LogP contribution is 2.36. The number of rotatable bonds is 7. The van der Waals surface area contributed by atoms with Crippen molar-refractivity contribution in [2.24, 2.45) is 17.4 Å². The number of benzene rings is 1. The molecule has 0 aliphatic rings. The van der Waals surface area contributed by atoms with E-state index in [9.17, 15) is 4.79 Å². The van der Waals surface area contributed by atoms with Crippen molar-refractivity contribution in [2.75, 3.05) is 5.32 Å². The van der Waals surface area contributed by atoms with Gasteiger partial charge in [-0.15, -0.1) is 0 Å². The number of aromatic nitrogens is 3. The number of aryl methyl sites for hydroxylation is 1. The Kier molecular flexibility index (Phi) is 6.87. The van der Waals surface area contributed by atoms with Crippen molar-refractivity contribution in [3.05, 3.63) is 71.1 Å². The van der Waals surface area contributed by atoms with Crippen LogP contribution in [0.25, 0.3) is 11.1 Å². The number of carbonyl (C=O) groups excluding carboxylic acids is 1. The van der Waals surface area contributed by atoms with Gasteiger partial charge in [0.1, 0.15) is 5.69 Å². The average Bonchev–Trinajstić information content (AvgIpc) is 2.75. The van der Waals surface area contributed by atoms with Gasteiger partial charge in [-0.05, 0) is 36.0 Å². The number of anilines is 1. The van der Waals surface area contributed by atoms with E-state index < -0.39 is 0 Å². The zero-order chi connectivity index (χ0) is 21.7. The fraction of sp³-hybridized carbons (Fsp3) is 0.304. The van der Waals surface area contributed by atoms with Crippen molar-refractivity contribution in [2.45, 2.75) is 40.3 Å². The van der Waals surface area contributed by atoms with Gasteiger partial charge in [-0.3, -0.25) is 14.8 Å². The first-order chi connectivity index (χ1) is 14.4. The molecule has 0 aliphatic carbocycles. The van der Waals surface area contributed by atoms with Crippen LogP contribution in [0.3, 0.4) is 0 Å². The number of nitrogens with two attached hydrogens (primary N) is 2. The van der Waals surface area contributed by atoms with Gasteiger partial charge in [-0.2, -0.15) is 0 Å². The van der Waals surface area contributed by atoms with Crippen LogP contribution in [0.2, 0.25) is 0 Å². The molecular weight excluding hydrogens is 376 g/mol. The number of pyridine rings is 1. The first-order valence-electron chi connectivity index (χ1n) is 10.0. The third kappa shape index (κ3) is 4.69. The molecule has 0 saturated heterocycles. The number of amides is 1. The van der Waals surface area contributed by atoms with Crippen molar-refractivity contribution < 1.29 is 4.79 Å². The van der Waals surface area contributed by atoms with Gasteiger partial charge in [0.15, 0.2) is 0 Å². The lowest BCUT2D eigenvalue weighted by Crippen LogP contribution is -2.19. The van der Waals surface area contributed by atoms with Gasteiger partial charge >= 0.3 is 0 Å². The third-order valence-electron chi connectivity index (χ3n) is 4.88. The van der Waals surface area contributed by atoms with Crippen molar-refractivity contribution in [1.29, 1.82) is 0 Å². The lowest BCUT2D eigenvalue weighted by Gasteiger charge is -2.21. The minimum absolute atomic E-state index is 0.238. The molecule has 0 atom stereocenters. The van der Waals surface area contributed by atoms with Crippen molar-refractivity contribution in [3.63, 3.8) is 0 Å². The minimum Gasteiger partial charge on any atom is -0.326 e. The molecule has 3 rings (SSSR count). The normalized spacial score (nSPS) is 11.0. The van der Waals surface area contributed by atoms with E-state index in [-0.39, 0.29) is 11.6 Å². The molecule has 7 heteroatoms. The highest BCUT2D eigenvalue weighted by molar-refractivity contribution is 6.05. The summed E-state index contributed by atoms with van der Waals surface area (Å²) in [6.45, 7) is 6.98. The molecule has 0 radical (unpaired) electrons. The van der Waals surface area contributed by atoms with Gasteiger partial charge in [0.05, 0.1) is 17.6 Å². The molecule has 0 aliphatic heterocycles. The van der Waals surface area contributed by atoms with E-state index in [4.69, 9.17) is 16.5 Å². The number of carbonyl (C=O) groups is 1. The van der Waals surface area contributed by atoms with Crippen molar-refractivity contribution >= 4 is 11.6 Å². The highest BCUT2D eigenvalue weighted by atomic mass is 16.1. The molecule has 1 amide bonds. The predicted octanol–water partition coefficient (Wildman–Crippen LogP) is 3.22. The largest absolute Gasteiger partial charge is 0.326 e. The molecule has 2 heterocycles. The van der Waals surface area contributed by atoms with Gasteiger partial charge in [0.25, 0.3) is 5.91 Å². The summed E-state index contributed by atoms with van der Waals surface area (Å²) in [5.41, 5.74) is 18.3. The smallest absolute Gasteiger partial charge is 0.275 e. The summed E-state index contributed by atoms with van der Waals surface area (Å²) < 4.78 is 0. The molecule has 2 aromatic heterocycles. The zero-order valence-corrected chi connectivity index (χ0v) is 17.6. The maximum Gasteiger partial charge on any atom is 0.275 e. The van der Waals surface area contributed by atoms with Gasteiger partial charge in [0.2, 0.25) is 0 Å². The van der Waals surface area contributed by atoms with E-state index in [0.717, 1.165) is 40.1 Å². The number of nitrogens with zero attached hydrogens (tertiary/aromatic N) is 3. The standard InChI is InChI=1S/C23H28N6O/c1-14(2)10-19-18(12-25)21(17-6-4-16(11-24)5-7-17)22(15(3)28-19)29-23(30)20-13-26-8-9-27-20/h4-9,13-14H,10-12,24-25H2,1-3H3,(H,29,30). The summed E-state index contributed by atoms with van der Waals surface area (Å²) in [6.07, 6.45) is 5.26. The summed E-state index contributed by atoms with van der Waals surface area (Å²) in [4.78, 5) is 25.7. The Hall–Kier alpha value is -3.16. The molecule has 5 N–H and O–H groups in total. The Morgan fingerprint density at radius 2 is 1.83 bits per heavy atom. The van der Waals surface area contributed by atoms with E-state index in [0.29, 0.717) is 24.7 Å². The molecule has 0 saturated carbocycles. The van der Waals surface area contributed by atoms with Crippen LogP contribution in [0, 0.1) is 12.8 Å². The number of hydrogen-bond acceptors (Lipinski definition) is 6. The lowest BCUT2D eigenvalue weighted by molar-refractivity contribution is 0.102. The SMILES string of the molecule is Cc1nc(CC(C)C)c(CN)c(-c2ccc(CN)cc2)c1NC(=O)c1cnccn1. The number of hydrogen-bond donors (Lipinski definition) is 3. The maximum atomic E-state index is 12.8. The zero-order valence-electron chi connectivity index (χ0n) is 17.6. The summed E-state index contributed by atoms with van der Waals surface area (Å²) >= 11 is 0. The van der Waals surface area contributed by atoms with Gasteiger partial charge in [-0.1, -0.05) is 38.1 Å². The summed E-state index contributed by atoms with van der Waals surface area (Å²) in [7, 11) is 0. The average molecular weight is 405 g/mol. The van der Waals surface area contributed by atoms with Gasteiger partial charge in [0, 0.05) is 36.7 Å². The van der Waals surface area contributed by atoms with E-state index in [1.807, 2.05) is 31.2 Å². The fourth-order valence-corrected chi connectivity index (χ4v) is 3.45. The quantitative estimate of drug-likeness (QED) is 0.556. The Morgan fingerprint density at radius 1 is 1.10 bits per heavy atom. The molecule has 156 valence electrons. The Balaban J connectivity index is 2.17. The van der Waals surface area contributed by atoms with Gasteiger partial charge in [-0.25, -0.2) is 4.98 Å². The Bertz CT molecular complexity index is 1020. The van der Waals surface area contributed by atoms with Crippen LogP contribution in [0.5, 0.6) is 0 Å². The molecule has 0 unspecified atom stereocenters.